The summed E-state index contributed by atoms with van der Waals surface area (Å²) in [5, 5.41) is 12.4. The molecular weight excluding hydrogens is 234 g/mol. The number of thiophene rings is 1. The summed E-state index contributed by atoms with van der Waals surface area (Å²) in [6.07, 6.45) is 0. The van der Waals surface area contributed by atoms with E-state index in [-0.39, 0.29) is 0 Å². The molecule has 2 rings (SSSR count). The van der Waals surface area contributed by atoms with E-state index in [0.717, 1.165) is 15.6 Å². The lowest BCUT2D eigenvalue weighted by molar-refractivity contribution is -0.139. The fourth-order valence-corrected chi connectivity index (χ4v) is 2.96. The van der Waals surface area contributed by atoms with Gasteiger partial charge < -0.3 is 10.0 Å². The predicted octanol–water partition coefficient (Wildman–Crippen LogP) is 2.63. The van der Waals surface area contributed by atoms with Crippen LogP contribution in [0, 0.1) is 0 Å². The molecule has 0 bridgehead atoms. The monoisotopic (exact) mass is 249 g/mol. The topological polar surface area (TPSA) is 40.5 Å². The number of rotatable bonds is 4. The van der Waals surface area contributed by atoms with E-state index in [1.165, 1.54) is 0 Å². The van der Waals surface area contributed by atoms with E-state index in [9.17, 15) is 9.90 Å². The average molecular weight is 249 g/mol. The molecule has 0 amide bonds. The van der Waals surface area contributed by atoms with Crippen LogP contribution in [-0.4, -0.2) is 36.6 Å². The zero-order valence-corrected chi connectivity index (χ0v) is 10.7. The number of fused-ring (bicyclic) bond motifs is 1. The highest BCUT2D eigenvalue weighted by molar-refractivity contribution is 7.17. The molecule has 17 heavy (non-hydrogen) atoms. The zero-order valence-electron chi connectivity index (χ0n) is 9.88. The van der Waals surface area contributed by atoms with E-state index in [4.69, 9.17) is 0 Å². The summed E-state index contributed by atoms with van der Waals surface area (Å²) in [5.74, 6) is -1.22. The second kappa shape index (κ2) is 4.85. The van der Waals surface area contributed by atoms with Gasteiger partial charge in [-0.3, -0.25) is 4.79 Å². The van der Waals surface area contributed by atoms with Gasteiger partial charge in [-0.1, -0.05) is 18.2 Å². The van der Waals surface area contributed by atoms with Gasteiger partial charge in [-0.25, -0.2) is 0 Å². The summed E-state index contributed by atoms with van der Waals surface area (Å²) < 4.78 is 1.15. The Kier molecular flexibility index (Phi) is 3.45. The number of hydrogen-bond acceptors (Lipinski definition) is 3. The van der Waals surface area contributed by atoms with Crippen molar-refractivity contribution in [2.75, 3.05) is 20.6 Å². The molecule has 1 N–H and O–H groups in total. The van der Waals surface area contributed by atoms with E-state index < -0.39 is 11.9 Å². The molecule has 0 fully saturated rings. The van der Waals surface area contributed by atoms with Gasteiger partial charge in [-0.2, -0.15) is 0 Å². The summed E-state index contributed by atoms with van der Waals surface area (Å²) in [4.78, 5) is 13.3. The third-order valence-corrected chi connectivity index (χ3v) is 3.71. The number of aliphatic carboxylic acids is 1. The van der Waals surface area contributed by atoms with E-state index in [1.54, 1.807) is 11.3 Å². The highest BCUT2D eigenvalue weighted by atomic mass is 32.1. The van der Waals surface area contributed by atoms with Crippen molar-refractivity contribution in [1.29, 1.82) is 0 Å². The Labute approximate surface area is 104 Å². The summed E-state index contributed by atoms with van der Waals surface area (Å²) in [6, 6.07) is 7.95. The number of carboxylic acid groups (broad SMARTS) is 1. The molecule has 0 aliphatic rings. The van der Waals surface area contributed by atoms with Crippen LogP contribution in [0.5, 0.6) is 0 Å². The molecule has 1 aromatic heterocycles. The minimum Gasteiger partial charge on any atom is -0.481 e. The molecule has 0 aliphatic heterocycles. The lowest BCUT2D eigenvalue weighted by atomic mass is 9.98. The van der Waals surface area contributed by atoms with Gasteiger partial charge >= 0.3 is 5.97 Å². The van der Waals surface area contributed by atoms with Crippen LogP contribution >= 0.6 is 11.3 Å². The molecule has 0 saturated carbocycles. The Bertz CT molecular complexity index is 533. The largest absolute Gasteiger partial charge is 0.481 e. The fraction of sp³-hybridized carbons (Fsp3) is 0.308. The van der Waals surface area contributed by atoms with Crippen molar-refractivity contribution in [3.63, 3.8) is 0 Å². The first-order chi connectivity index (χ1) is 8.09. The quantitative estimate of drug-likeness (QED) is 0.905. The van der Waals surface area contributed by atoms with Gasteiger partial charge in [0.2, 0.25) is 0 Å². The van der Waals surface area contributed by atoms with Crippen molar-refractivity contribution >= 4 is 27.4 Å². The van der Waals surface area contributed by atoms with E-state index in [0.29, 0.717) is 6.54 Å². The molecule has 0 saturated heterocycles. The summed E-state index contributed by atoms with van der Waals surface area (Å²) in [6.45, 7) is 0.524. The van der Waals surface area contributed by atoms with Crippen molar-refractivity contribution in [1.82, 2.24) is 4.90 Å². The maximum absolute atomic E-state index is 11.4. The van der Waals surface area contributed by atoms with Crippen LogP contribution in [0.25, 0.3) is 10.1 Å². The van der Waals surface area contributed by atoms with Crippen LogP contribution in [0.3, 0.4) is 0 Å². The highest BCUT2D eigenvalue weighted by Gasteiger charge is 2.23. The Morgan fingerprint density at radius 2 is 2.12 bits per heavy atom. The van der Waals surface area contributed by atoms with Gasteiger partial charge in [0.25, 0.3) is 0 Å². The molecular formula is C13H15NO2S. The predicted molar refractivity (Wildman–Crippen MR) is 70.8 cm³/mol. The van der Waals surface area contributed by atoms with Crippen molar-refractivity contribution in [3.8, 4) is 0 Å². The first kappa shape index (κ1) is 12.1. The van der Waals surface area contributed by atoms with Crippen LogP contribution in [0.1, 0.15) is 11.5 Å². The van der Waals surface area contributed by atoms with Crippen molar-refractivity contribution in [2.24, 2.45) is 0 Å². The van der Waals surface area contributed by atoms with E-state index in [1.807, 2.05) is 48.6 Å². The van der Waals surface area contributed by atoms with Gasteiger partial charge in [-0.05, 0) is 36.5 Å². The molecule has 3 nitrogen and oxygen atoms in total. The fourth-order valence-electron chi connectivity index (χ4n) is 1.94. The normalized spacial score (nSPS) is 13.1. The standard InChI is InChI=1S/C13H15NO2S/c1-14(2)7-10(13(15)16)11-8-17-12-6-4-3-5-9(11)12/h3-6,8,10H,7H2,1-2H3,(H,15,16). The Morgan fingerprint density at radius 3 is 2.76 bits per heavy atom. The molecule has 0 spiro atoms. The van der Waals surface area contributed by atoms with Gasteiger partial charge in [0.1, 0.15) is 0 Å². The number of nitrogens with zero attached hydrogens (tertiary/aromatic N) is 1. The molecule has 1 heterocycles. The third-order valence-electron chi connectivity index (χ3n) is 2.73. The van der Waals surface area contributed by atoms with Gasteiger partial charge in [-0.15, -0.1) is 11.3 Å². The van der Waals surface area contributed by atoms with Crippen molar-refractivity contribution < 1.29 is 9.90 Å². The van der Waals surface area contributed by atoms with Crippen LogP contribution in [-0.2, 0) is 4.79 Å². The van der Waals surface area contributed by atoms with Crippen LogP contribution in [0.2, 0.25) is 0 Å². The molecule has 1 aromatic carbocycles. The second-order valence-electron chi connectivity index (χ2n) is 4.34. The van der Waals surface area contributed by atoms with Crippen LogP contribution in [0.4, 0.5) is 0 Å². The summed E-state index contributed by atoms with van der Waals surface area (Å²) in [7, 11) is 3.79. The van der Waals surface area contributed by atoms with Gasteiger partial charge in [0.05, 0.1) is 5.92 Å². The first-order valence-corrected chi connectivity index (χ1v) is 6.31. The number of hydrogen-bond donors (Lipinski definition) is 1. The minimum absolute atomic E-state index is 0.457. The van der Waals surface area contributed by atoms with Crippen molar-refractivity contribution in [3.05, 3.63) is 35.2 Å². The lowest BCUT2D eigenvalue weighted by Crippen LogP contribution is -2.25. The van der Waals surface area contributed by atoms with Gasteiger partial charge in [0, 0.05) is 11.2 Å². The minimum atomic E-state index is -0.762. The number of benzene rings is 1. The third kappa shape index (κ3) is 2.48. The lowest BCUT2D eigenvalue weighted by Gasteiger charge is -2.16. The summed E-state index contributed by atoms with van der Waals surface area (Å²) >= 11 is 1.60. The highest BCUT2D eigenvalue weighted by Crippen LogP contribution is 2.31. The molecule has 90 valence electrons. The Hall–Kier alpha value is -1.39. The van der Waals surface area contributed by atoms with Crippen LogP contribution in [0.15, 0.2) is 29.6 Å². The molecule has 1 atom stereocenters. The Morgan fingerprint density at radius 1 is 1.41 bits per heavy atom. The molecule has 2 aromatic rings. The van der Waals surface area contributed by atoms with Crippen LogP contribution < -0.4 is 0 Å². The summed E-state index contributed by atoms with van der Waals surface area (Å²) in [5.41, 5.74) is 0.923. The number of carbonyl (C=O) groups is 1. The maximum Gasteiger partial charge on any atom is 0.312 e. The SMILES string of the molecule is CN(C)CC(C(=O)O)c1csc2ccccc12. The maximum atomic E-state index is 11.4. The smallest absolute Gasteiger partial charge is 0.312 e. The zero-order chi connectivity index (χ0) is 12.4. The average Bonchev–Trinajstić information content (AvgIpc) is 2.69. The van der Waals surface area contributed by atoms with E-state index >= 15 is 0 Å². The van der Waals surface area contributed by atoms with E-state index in [2.05, 4.69) is 0 Å². The Balaban J connectivity index is 2.45. The molecule has 4 heteroatoms. The number of likely N-dealkylation sites (N-methyl/N-ethyl adjacent to an activating group) is 1. The van der Waals surface area contributed by atoms with Gasteiger partial charge in [0.15, 0.2) is 0 Å². The second-order valence-corrected chi connectivity index (χ2v) is 5.25. The molecule has 1 unspecified atom stereocenters. The first-order valence-electron chi connectivity index (χ1n) is 5.43. The number of carboxylic acids is 1. The molecule has 0 aliphatic carbocycles. The molecule has 0 radical (unpaired) electrons. The van der Waals surface area contributed by atoms with Crippen molar-refractivity contribution in [2.45, 2.75) is 5.92 Å².